The summed E-state index contributed by atoms with van der Waals surface area (Å²) in [6, 6.07) is 1.22. The first kappa shape index (κ1) is 13.7. The highest BCUT2D eigenvalue weighted by atomic mass is 16.3. The molecular formula is C14H27NO. The third-order valence-electron chi connectivity index (χ3n) is 4.00. The Morgan fingerprint density at radius 3 is 2.44 bits per heavy atom. The van der Waals surface area contributed by atoms with Crippen LogP contribution >= 0.6 is 0 Å². The van der Waals surface area contributed by atoms with Crippen molar-refractivity contribution in [3.8, 4) is 0 Å². The van der Waals surface area contributed by atoms with Crippen molar-refractivity contribution in [1.82, 2.24) is 5.32 Å². The van der Waals surface area contributed by atoms with Crippen LogP contribution in [-0.4, -0.2) is 23.8 Å². The fraction of sp³-hybridized carbons (Fsp3) is 0.857. The maximum atomic E-state index is 9.09. The van der Waals surface area contributed by atoms with E-state index in [1.54, 1.807) is 0 Å². The van der Waals surface area contributed by atoms with Gasteiger partial charge in [0.25, 0.3) is 0 Å². The zero-order valence-corrected chi connectivity index (χ0v) is 10.8. The van der Waals surface area contributed by atoms with Gasteiger partial charge in [0.05, 0.1) is 0 Å². The average Bonchev–Trinajstić information content (AvgIpc) is 2.30. The van der Waals surface area contributed by atoms with Crippen molar-refractivity contribution < 1.29 is 5.11 Å². The third kappa shape index (κ3) is 4.26. The molecule has 1 fully saturated rings. The molecule has 0 saturated heterocycles. The molecule has 0 aromatic heterocycles. The van der Waals surface area contributed by atoms with E-state index in [0.717, 1.165) is 6.42 Å². The van der Waals surface area contributed by atoms with Crippen molar-refractivity contribution in [3.05, 3.63) is 12.7 Å². The molecule has 2 unspecified atom stereocenters. The van der Waals surface area contributed by atoms with Gasteiger partial charge < -0.3 is 10.4 Å². The Balaban J connectivity index is 2.24. The number of allylic oxidation sites excluding steroid dienone is 1. The van der Waals surface area contributed by atoms with Gasteiger partial charge in [-0.05, 0) is 50.9 Å². The smallest absolute Gasteiger partial charge is 0.0459 e. The minimum Gasteiger partial charge on any atom is -0.396 e. The molecule has 2 N–H and O–H groups in total. The molecule has 16 heavy (non-hydrogen) atoms. The SMILES string of the molecule is C=CCC(C)C(C)NC1CCC(CO)CC1. The van der Waals surface area contributed by atoms with Crippen LogP contribution in [0.3, 0.4) is 0 Å². The largest absolute Gasteiger partial charge is 0.396 e. The lowest BCUT2D eigenvalue weighted by Gasteiger charge is -2.32. The normalized spacial score (nSPS) is 29.7. The molecule has 1 rings (SSSR count). The standard InChI is InChI=1S/C14H27NO/c1-4-5-11(2)12(3)15-14-8-6-13(10-16)7-9-14/h4,11-16H,1,5-10H2,2-3H3. The summed E-state index contributed by atoms with van der Waals surface area (Å²) < 4.78 is 0. The molecule has 0 bridgehead atoms. The van der Waals surface area contributed by atoms with E-state index in [4.69, 9.17) is 5.11 Å². The second-order valence-corrected chi connectivity index (χ2v) is 5.36. The zero-order chi connectivity index (χ0) is 12.0. The van der Waals surface area contributed by atoms with Crippen molar-refractivity contribution in [2.75, 3.05) is 6.61 Å². The maximum absolute atomic E-state index is 9.09. The highest BCUT2D eigenvalue weighted by Crippen LogP contribution is 2.24. The van der Waals surface area contributed by atoms with Crippen molar-refractivity contribution in [2.45, 2.75) is 58.0 Å². The van der Waals surface area contributed by atoms with E-state index in [-0.39, 0.29) is 0 Å². The van der Waals surface area contributed by atoms with Crippen LogP contribution in [0.2, 0.25) is 0 Å². The summed E-state index contributed by atoms with van der Waals surface area (Å²) >= 11 is 0. The highest BCUT2D eigenvalue weighted by Gasteiger charge is 2.22. The van der Waals surface area contributed by atoms with Gasteiger partial charge in [-0.25, -0.2) is 0 Å². The van der Waals surface area contributed by atoms with Gasteiger partial charge in [0, 0.05) is 18.7 Å². The maximum Gasteiger partial charge on any atom is 0.0459 e. The van der Waals surface area contributed by atoms with E-state index in [1.807, 2.05) is 6.08 Å². The Hall–Kier alpha value is -0.340. The molecular weight excluding hydrogens is 198 g/mol. The predicted molar refractivity (Wildman–Crippen MR) is 69.4 cm³/mol. The van der Waals surface area contributed by atoms with E-state index < -0.39 is 0 Å². The first-order valence-electron chi connectivity index (χ1n) is 6.65. The molecule has 0 radical (unpaired) electrons. The van der Waals surface area contributed by atoms with Gasteiger partial charge in [0.2, 0.25) is 0 Å². The first-order valence-corrected chi connectivity index (χ1v) is 6.65. The predicted octanol–water partition coefficient (Wildman–Crippen LogP) is 2.73. The highest BCUT2D eigenvalue weighted by molar-refractivity contribution is 4.83. The van der Waals surface area contributed by atoms with Crippen LogP contribution in [0.4, 0.5) is 0 Å². The molecule has 2 heteroatoms. The molecule has 2 nitrogen and oxygen atoms in total. The van der Waals surface area contributed by atoms with Gasteiger partial charge in [-0.3, -0.25) is 0 Å². The van der Waals surface area contributed by atoms with Gasteiger partial charge in [-0.15, -0.1) is 6.58 Å². The van der Waals surface area contributed by atoms with Crippen molar-refractivity contribution in [1.29, 1.82) is 0 Å². The second kappa shape index (κ2) is 7.08. The van der Waals surface area contributed by atoms with Crippen LogP contribution in [-0.2, 0) is 0 Å². The van der Waals surface area contributed by atoms with E-state index >= 15 is 0 Å². The van der Waals surface area contributed by atoms with E-state index in [1.165, 1.54) is 25.7 Å². The molecule has 94 valence electrons. The number of hydrogen-bond donors (Lipinski definition) is 2. The molecule has 0 heterocycles. The minimum absolute atomic E-state index is 0.370. The van der Waals surface area contributed by atoms with Gasteiger partial charge in [-0.2, -0.15) is 0 Å². The minimum atomic E-state index is 0.370. The Morgan fingerprint density at radius 2 is 1.94 bits per heavy atom. The topological polar surface area (TPSA) is 32.3 Å². The molecule has 0 spiro atoms. The average molecular weight is 225 g/mol. The molecule has 1 aliphatic carbocycles. The summed E-state index contributed by atoms with van der Waals surface area (Å²) in [5.41, 5.74) is 0. The molecule has 1 aliphatic rings. The summed E-state index contributed by atoms with van der Waals surface area (Å²) in [5, 5.41) is 12.8. The molecule has 1 saturated carbocycles. The molecule has 0 aromatic rings. The van der Waals surface area contributed by atoms with E-state index in [2.05, 4.69) is 25.7 Å². The summed E-state index contributed by atoms with van der Waals surface area (Å²) in [6.07, 6.45) is 7.88. The summed E-state index contributed by atoms with van der Waals surface area (Å²) in [4.78, 5) is 0. The molecule has 0 aliphatic heterocycles. The van der Waals surface area contributed by atoms with Crippen molar-refractivity contribution in [2.24, 2.45) is 11.8 Å². The van der Waals surface area contributed by atoms with Gasteiger partial charge >= 0.3 is 0 Å². The molecule has 0 aromatic carbocycles. The summed E-state index contributed by atoms with van der Waals surface area (Å²) in [7, 11) is 0. The lowest BCUT2D eigenvalue weighted by atomic mass is 9.85. The lowest BCUT2D eigenvalue weighted by molar-refractivity contribution is 0.169. The first-order chi connectivity index (χ1) is 7.67. The van der Waals surface area contributed by atoms with Gasteiger partial charge in [0.1, 0.15) is 0 Å². The number of aliphatic hydroxyl groups is 1. The lowest BCUT2D eigenvalue weighted by Crippen LogP contribution is -2.42. The molecule has 2 atom stereocenters. The van der Waals surface area contributed by atoms with Crippen LogP contribution in [0.5, 0.6) is 0 Å². The Morgan fingerprint density at radius 1 is 1.31 bits per heavy atom. The third-order valence-corrected chi connectivity index (χ3v) is 4.00. The van der Waals surface area contributed by atoms with Crippen LogP contribution in [0.15, 0.2) is 12.7 Å². The number of aliphatic hydroxyl groups excluding tert-OH is 1. The number of nitrogens with one attached hydrogen (secondary N) is 1. The number of hydrogen-bond acceptors (Lipinski definition) is 2. The van der Waals surface area contributed by atoms with Crippen molar-refractivity contribution in [3.63, 3.8) is 0 Å². The Bertz CT molecular complexity index is 197. The quantitative estimate of drug-likeness (QED) is 0.681. The monoisotopic (exact) mass is 225 g/mol. The Kier molecular flexibility index (Phi) is 6.07. The van der Waals surface area contributed by atoms with E-state index in [9.17, 15) is 0 Å². The Labute approximate surface area is 100 Å². The second-order valence-electron chi connectivity index (χ2n) is 5.36. The van der Waals surface area contributed by atoms with E-state index in [0.29, 0.717) is 30.5 Å². The van der Waals surface area contributed by atoms with Crippen LogP contribution in [0, 0.1) is 11.8 Å². The van der Waals surface area contributed by atoms with Gasteiger partial charge in [0.15, 0.2) is 0 Å². The number of rotatable bonds is 6. The molecule has 0 amide bonds. The summed E-state index contributed by atoms with van der Waals surface area (Å²) in [6.45, 7) is 8.71. The zero-order valence-electron chi connectivity index (χ0n) is 10.8. The van der Waals surface area contributed by atoms with Crippen LogP contribution in [0.25, 0.3) is 0 Å². The van der Waals surface area contributed by atoms with Gasteiger partial charge in [-0.1, -0.05) is 13.0 Å². The fourth-order valence-corrected chi connectivity index (χ4v) is 2.51. The van der Waals surface area contributed by atoms with Crippen LogP contribution < -0.4 is 5.32 Å². The van der Waals surface area contributed by atoms with Crippen LogP contribution in [0.1, 0.15) is 46.0 Å². The summed E-state index contributed by atoms with van der Waals surface area (Å²) in [5.74, 6) is 1.21. The van der Waals surface area contributed by atoms with Crippen molar-refractivity contribution >= 4 is 0 Å². The fourth-order valence-electron chi connectivity index (χ4n) is 2.51.